The van der Waals surface area contributed by atoms with Crippen molar-refractivity contribution in [1.82, 2.24) is 25.1 Å². The number of esters is 1. The minimum Gasteiger partial charge on any atom is -0.462 e. The summed E-state index contributed by atoms with van der Waals surface area (Å²) in [4.78, 5) is 27.4. The Labute approximate surface area is 187 Å². The summed E-state index contributed by atoms with van der Waals surface area (Å²) >= 11 is 0. The van der Waals surface area contributed by atoms with E-state index in [1.165, 1.54) is 0 Å². The van der Waals surface area contributed by atoms with Gasteiger partial charge in [-0.1, -0.05) is 43.5 Å². The SMILES string of the molecule is CCOC(=O)c1cccc(-n2nnnc2C2(N(C)C(=O)c3ccccc3)CCCCC2)c1. The number of benzene rings is 2. The summed E-state index contributed by atoms with van der Waals surface area (Å²) in [5.74, 6) is 0.139. The lowest BCUT2D eigenvalue weighted by atomic mass is 9.79. The van der Waals surface area contributed by atoms with Crippen molar-refractivity contribution in [2.24, 2.45) is 0 Å². The zero-order valence-corrected chi connectivity index (χ0v) is 18.4. The van der Waals surface area contributed by atoms with Crippen molar-refractivity contribution in [3.63, 3.8) is 0 Å². The molecule has 0 N–H and O–H groups in total. The van der Waals surface area contributed by atoms with E-state index < -0.39 is 11.5 Å². The predicted octanol–water partition coefficient (Wildman–Crippen LogP) is 3.77. The van der Waals surface area contributed by atoms with Crippen LogP contribution in [0.4, 0.5) is 0 Å². The molecule has 1 heterocycles. The van der Waals surface area contributed by atoms with E-state index in [9.17, 15) is 9.59 Å². The summed E-state index contributed by atoms with van der Waals surface area (Å²) in [5, 5.41) is 12.6. The topological polar surface area (TPSA) is 90.2 Å². The summed E-state index contributed by atoms with van der Waals surface area (Å²) < 4.78 is 6.77. The molecule has 0 aliphatic heterocycles. The minimum absolute atomic E-state index is 0.0673. The van der Waals surface area contributed by atoms with E-state index in [0.717, 1.165) is 32.1 Å². The molecule has 0 unspecified atom stereocenters. The van der Waals surface area contributed by atoms with Gasteiger partial charge >= 0.3 is 5.97 Å². The molecule has 0 spiro atoms. The van der Waals surface area contributed by atoms with Crippen LogP contribution in [0.25, 0.3) is 5.69 Å². The smallest absolute Gasteiger partial charge is 0.338 e. The van der Waals surface area contributed by atoms with E-state index in [1.807, 2.05) is 43.4 Å². The lowest BCUT2D eigenvalue weighted by molar-refractivity contribution is 0.0386. The monoisotopic (exact) mass is 433 g/mol. The van der Waals surface area contributed by atoms with E-state index in [2.05, 4.69) is 15.5 Å². The van der Waals surface area contributed by atoms with Crippen molar-refractivity contribution in [2.45, 2.75) is 44.6 Å². The van der Waals surface area contributed by atoms with Gasteiger partial charge < -0.3 is 9.64 Å². The lowest BCUT2D eigenvalue weighted by Gasteiger charge is -2.43. The minimum atomic E-state index is -0.644. The number of tetrazole rings is 1. The Bertz CT molecular complexity index is 1090. The number of rotatable bonds is 6. The number of hydrogen-bond donors (Lipinski definition) is 0. The molecule has 4 rings (SSSR count). The van der Waals surface area contributed by atoms with Gasteiger partial charge in [-0.15, -0.1) is 5.10 Å². The highest BCUT2D eigenvalue weighted by atomic mass is 16.5. The van der Waals surface area contributed by atoms with Crippen LogP contribution in [0.1, 0.15) is 65.6 Å². The molecule has 3 aromatic rings. The number of carbonyl (C=O) groups is 2. The van der Waals surface area contributed by atoms with Crippen LogP contribution in [0.2, 0.25) is 0 Å². The summed E-state index contributed by atoms with van der Waals surface area (Å²) in [6.07, 6.45) is 4.58. The molecular weight excluding hydrogens is 406 g/mol. The van der Waals surface area contributed by atoms with Gasteiger partial charge in [0.15, 0.2) is 5.82 Å². The summed E-state index contributed by atoms with van der Waals surface area (Å²) in [6.45, 7) is 2.07. The fourth-order valence-electron chi connectivity index (χ4n) is 4.44. The molecule has 2 aromatic carbocycles. The Morgan fingerprint density at radius 1 is 1.03 bits per heavy atom. The molecule has 32 heavy (non-hydrogen) atoms. The first-order chi connectivity index (χ1) is 15.6. The predicted molar refractivity (Wildman–Crippen MR) is 118 cm³/mol. The van der Waals surface area contributed by atoms with E-state index in [-0.39, 0.29) is 5.91 Å². The summed E-state index contributed by atoms with van der Waals surface area (Å²) in [5.41, 5.74) is 1.07. The molecule has 8 heteroatoms. The number of ether oxygens (including phenoxy) is 1. The standard InChI is InChI=1S/C24H27N5O3/c1-3-32-22(31)19-13-10-14-20(17-19)29-23(25-26-27-29)24(15-8-5-9-16-24)28(2)21(30)18-11-6-4-7-12-18/h4,6-7,10-14,17H,3,5,8-9,15-16H2,1-2H3. The van der Waals surface area contributed by atoms with Gasteiger partial charge in [0.05, 0.1) is 17.9 Å². The Morgan fingerprint density at radius 2 is 1.75 bits per heavy atom. The first-order valence-electron chi connectivity index (χ1n) is 11.0. The average molecular weight is 434 g/mol. The normalized spacial score (nSPS) is 15.2. The van der Waals surface area contributed by atoms with Crippen LogP contribution in [-0.2, 0) is 10.3 Å². The molecule has 1 aromatic heterocycles. The number of carbonyl (C=O) groups excluding carboxylic acids is 2. The fraction of sp³-hybridized carbons (Fsp3) is 0.375. The van der Waals surface area contributed by atoms with Gasteiger partial charge in [-0.3, -0.25) is 4.79 Å². The second-order valence-corrected chi connectivity index (χ2v) is 8.01. The van der Waals surface area contributed by atoms with Gasteiger partial charge in [-0.2, -0.15) is 4.68 Å². The maximum absolute atomic E-state index is 13.4. The van der Waals surface area contributed by atoms with Crippen LogP contribution in [0.5, 0.6) is 0 Å². The van der Waals surface area contributed by atoms with Gasteiger partial charge in [0.1, 0.15) is 5.54 Å². The molecule has 0 atom stereocenters. The largest absolute Gasteiger partial charge is 0.462 e. The Balaban J connectivity index is 1.76. The van der Waals surface area contributed by atoms with Crippen LogP contribution in [0.15, 0.2) is 54.6 Å². The zero-order chi connectivity index (χ0) is 22.6. The molecule has 0 bridgehead atoms. The van der Waals surface area contributed by atoms with Crippen LogP contribution < -0.4 is 0 Å². The van der Waals surface area contributed by atoms with Crippen molar-refractivity contribution in [3.05, 3.63) is 71.5 Å². The number of nitrogens with zero attached hydrogens (tertiary/aromatic N) is 5. The Morgan fingerprint density at radius 3 is 2.47 bits per heavy atom. The molecule has 166 valence electrons. The van der Waals surface area contributed by atoms with Crippen molar-refractivity contribution >= 4 is 11.9 Å². The molecule has 1 aliphatic carbocycles. The van der Waals surface area contributed by atoms with Crippen molar-refractivity contribution in [3.8, 4) is 5.69 Å². The Hall–Kier alpha value is -3.55. The van der Waals surface area contributed by atoms with E-state index >= 15 is 0 Å². The third-order valence-corrected chi connectivity index (χ3v) is 6.14. The van der Waals surface area contributed by atoms with Gasteiger partial charge in [0.2, 0.25) is 0 Å². The van der Waals surface area contributed by atoms with Crippen LogP contribution in [0, 0.1) is 0 Å². The van der Waals surface area contributed by atoms with E-state index in [0.29, 0.717) is 29.2 Å². The molecule has 1 amide bonds. The third-order valence-electron chi connectivity index (χ3n) is 6.14. The van der Waals surface area contributed by atoms with Crippen molar-refractivity contribution in [2.75, 3.05) is 13.7 Å². The molecule has 8 nitrogen and oxygen atoms in total. The average Bonchev–Trinajstić information content (AvgIpc) is 3.35. The van der Waals surface area contributed by atoms with Crippen molar-refractivity contribution in [1.29, 1.82) is 0 Å². The molecule has 0 saturated heterocycles. The second-order valence-electron chi connectivity index (χ2n) is 8.01. The van der Waals surface area contributed by atoms with Crippen LogP contribution in [-0.4, -0.2) is 50.6 Å². The lowest BCUT2D eigenvalue weighted by Crippen LogP contribution is -2.50. The van der Waals surface area contributed by atoms with Gasteiger partial charge in [-0.05, 0) is 60.5 Å². The first kappa shape index (κ1) is 21.7. The molecule has 1 aliphatic rings. The van der Waals surface area contributed by atoms with Crippen LogP contribution in [0.3, 0.4) is 0 Å². The quantitative estimate of drug-likeness (QED) is 0.550. The number of aromatic nitrogens is 4. The Kier molecular flexibility index (Phi) is 6.30. The second kappa shape index (κ2) is 9.30. The highest BCUT2D eigenvalue weighted by molar-refractivity contribution is 5.94. The maximum Gasteiger partial charge on any atom is 0.338 e. The van der Waals surface area contributed by atoms with E-state index in [1.54, 1.807) is 34.7 Å². The van der Waals surface area contributed by atoms with E-state index in [4.69, 9.17) is 4.74 Å². The van der Waals surface area contributed by atoms with Crippen LogP contribution >= 0.6 is 0 Å². The highest BCUT2D eigenvalue weighted by Gasteiger charge is 2.45. The molecule has 0 radical (unpaired) electrons. The molecule has 1 saturated carbocycles. The highest BCUT2D eigenvalue weighted by Crippen LogP contribution is 2.41. The molecular formula is C24H27N5O3. The van der Waals surface area contributed by atoms with Crippen molar-refractivity contribution < 1.29 is 14.3 Å². The third kappa shape index (κ3) is 4.00. The zero-order valence-electron chi connectivity index (χ0n) is 18.4. The fourth-order valence-corrected chi connectivity index (χ4v) is 4.44. The number of hydrogen-bond acceptors (Lipinski definition) is 6. The summed E-state index contributed by atoms with van der Waals surface area (Å²) in [7, 11) is 1.83. The number of amides is 1. The van der Waals surface area contributed by atoms with Gasteiger partial charge in [0.25, 0.3) is 5.91 Å². The first-order valence-corrected chi connectivity index (χ1v) is 11.0. The van der Waals surface area contributed by atoms with Gasteiger partial charge in [0, 0.05) is 12.6 Å². The molecule has 1 fully saturated rings. The maximum atomic E-state index is 13.4. The summed E-state index contributed by atoms with van der Waals surface area (Å²) in [6, 6.07) is 16.3. The van der Waals surface area contributed by atoms with Gasteiger partial charge in [-0.25, -0.2) is 4.79 Å².